The molecular weight excluding hydrogens is 220 g/mol. The van der Waals surface area contributed by atoms with Gasteiger partial charge in [0.2, 0.25) is 0 Å². The fourth-order valence-electron chi connectivity index (χ4n) is 1.56. The van der Waals surface area contributed by atoms with Gasteiger partial charge in [-0.1, -0.05) is 13.8 Å². The largest absolute Gasteiger partial charge is 0.383 e. The van der Waals surface area contributed by atoms with Crippen LogP contribution in [0.2, 0.25) is 0 Å². The lowest BCUT2D eigenvalue weighted by atomic mass is 10.2. The zero-order chi connectivity index (χ0) is 13.2. The van der Waals surface area contributed by atoms with Gasteiger partial charge < -0.3 is 11.1 Å². The van der Waals surface area contributed by atoms with Crippen LogP contribution in [0.3, 0.4) is 0 Å². The molecule has 0 saturated carbocycles. The summed E-state index contributed by atoms with van der Waals surface area (Å²) >= 11 is 0. The number of aromatic amines is 1. The minimum Gasteiger partial charge on any atom is -0.383 e. The summed E-state index contributed by atoms with van der Waals surface area (Å²) in [5.74, 6) is 0.467. The maximum Gasteiger partial charge on any atom is 0.330 e. The fraction of sp³-hybridized carbons (Fsp3) is 0.636. The molecule has 1 rings (SSSR count). The number of H-pyrrole nitrogens is 1. The summed E-state index contributed by atoms with van der Waals surface area (Å²) in [6.45, 7) is 8.24. The van der Waals surface area contributed by atoms with Crippen LogP contribution in [0, 0.1) is 5.92 Å². The van der Waals surface area contributed by atoms with Gasteiger partial charge in [0.05, 0.1) is 0 Å². The smallest absolute Gasteiger partial charge is 0.330 e. The lowest BCUT2D eigenvalue weighted by molar-refractivity contribution is 0.508. The average molecular weight is 240 g/mol. The van der Waals surface area contributed by atoms with Gasteiger partial charge in [-0.05, 0) is 19.8 Å². The van der Waals surface area contributed by atoms with Crippen molar-refractivity contribution in [3.63, 3.8) is 0 Å². The Labute approximate surface area is 99.8 Å². The second-order valence-electron chi connectivity index (χ2n) is 4.82. The van der Waals surface area contributed by atoms with Crippen LogP contribution in [0.15, 0.2) is 9.59 Å². The van der Waals surface area contributed by atoms with Crippen molar-refractivity contribution in [3.05, 3.63) is 20.8 Å². The Morgan fingerprint density at radius 3 is 2.35 bits per heavy atom. The molecule has 6 nitrogen and oxygen atoms in total. The van der Waals surface area contributed by atoms with E-state index in [2.05, 4.69) is 10.3 Å². The van der Waals surface area contributed by atoms with E-state index in [4.69, 9.17) is 5.73 Å². The van der Waals surface area contributed by atoms with Gasteiger partial charge in [0, 0.05) is 12.6 Å². The van der Waals surface area contributed by atoms with Crippen LogP contribution in [0.4, 0.5) is 11.5 Å². The van der Waals surface area contributed by atoms with Gasteiger partial charge in [-0.2, -0.15) is 0 Å². The van der Waals surface area contributed by atoms with E-state index in [9.17, 15) is 9.59 Å². The molecule has 0 fully saturated rings. The average Bonchev–Trinajstić information content (AvgIpc) is 2.18. The molecule has 0 aromatic carbocycles. The van der Waals surface area contributed by atoms with Crippen LogP contribution in [0.1, 0.15) is 27.7 Å². The molecular formula is C11H20N4O2. The van der Waals surface area contributed by atoms with Crippen LogP contribution >= 0.6 is 0 Å². The second-order valence-corrected chi connectivity index (χ2v) is 4.82. The molecule has 0 aliphatic carbocycles. The zero-order valence-corrected chi connectivity index (χ0v) is 10.7. The Balaban J connectivity index is 3.32. The van der Waals surface area contributed by atoms with Crippen LogP contribution in [0.5, 0.6) is 0 Å². The highest BCUT2D eigenvalue weighted by Gasteiger charge is 2.13. The Morgan fingerprint density at radius 1 is 1.29 bits per heavy atom. The number of nitrogens with zero attached hydrogens (tertiary/aromatic N) is 1. The molecule has 6 heteroatoms. The van der Waals surface area contributed by atoms with E-state index in [1.165, 1.54) is 4.57 Å². The molecule has 1 aromatic heterocycles. The van der Waals surface area contributed by atoms with Crippen LogP contribution in [0.25, 0.3) is 0 Å². The van der Waals surface area contributed by atoms with Gasteiger partial charge in [0.15, 0.2) is 0 Å². The van der Waals surface area contributed by atoms with Crippen molar-refractivity contribution in [1.29, 1.82) is 0 Å². The van der Waals surface area contributed by atoms with E-state index in [-0.39, 0.29) is 23.5 Å². The van der Waals surface area contributed by atoms with Gasteiger partial charge in [-0.3, -0.25) is 14.3 Å². The van der Waals surface area contributed by atoms with Crippen molar-refractivity contribution in [1.82, 2.24) is 9.55 Å². The Morgan fingerprint density at radius 2 is 1.88 bits per heavy atom. The molecule has 0 spiro atoms. The first-order chi connectivity index (χ1) is 7.82. The summed E-state index contributed by atoms with van der Waals surface area (Å²) in [4.78, 5) is 25.5. The number of nitrogens with two attached hydrogens (primary N) is 1. The SMILES string of the molecule is CC(C)Cn1c(N)c(NC(C)C)c(=O)[nH]c1=O. The number of nitrogens with one attached hydrogen (secondary N) is 2. The molecule has 0 aliphatic heterocycles. The van der Waals surface area contributed by atoms with E-state index in [1.54, 1.807) is 0 Å². The first-order valence-electron chi connectivity index (χ1n) is 5.72. The highest BCUT2D eigenvalue weighted by molar-refractivity contribution is 5.60. The van der Waals surface area contributed by atoms with Gasteiger partial charge in [0.1, 0.15) is 11.5 Å². The van der Waals surface area contributed by atoms with Gasteiger partial charge >= 0.3 is 5.69 Å². The molecule has 0 aliphatic rings. The summed E-state index contributed by atoms with van der Waals surface area (Å²) < 4.78 is 1.39. The normalized spacial score (nSPS) is 11.2. The molecule has 4 N–H and O–H groups in total. The first kappa shape index (κ1) is 13.3. The number of anilines is 2. The van der Waals surface area contributed by atoms with Crippen LogP contribution in [-0.2, 0) is 6.54 Å². The number of hydrogen-bond acceptors (Lipinski definition) is 4. The Kier molecular flexibility index (Phi) is 3.98. The molecule has 0 amide bonds. The van der Waals surface area contributed by atoms with Crippen molar-refractivity contribution in [2.75, 3.05) is 11.1 Å². The van der Waals surface area contributed by atoms with Crippen LogP contribution < -0.4 is 22.3 Å². The lowest BCUT2D eigenvalue weighted by Crippen LogP contribution is -2.35. The minimum absolute atomic E-state index is 0.0726. The monoisotopic (exact) mass is 240 g/mol. The summed E-state index contributed by atoms with van der Waals surface area (Å²) in [5.41, 5.74) is 5.19. The topological polar surface area (TPSA) is 92.9 Å². The maximum absolute atomic E-state index is 11.6. The number of nitrogen functional groups attached to an aromatic ring is 1. The standard InChI is InChI=1S/C11H20N4O2/c1-6(2)5-15-9(12)8(13-7(3)4)10(16)14-11(15)17/h6-7,13H,5,12H2,1-4H3,(H,14,16,17). The van der Waals surface area contributed by atoms with Crippen molar-refractivity contribution in [2.24, 2.45) is 5.92 Å². The third-order valence-corrected chi connectivity index (χ3v) is 2.22. The molecule has 0 radical (unpaired) electrons. The van der Waals surface area contributed by atoms with E-state index in [1.807, 2.05) is 27.7 Å². The van der Waals surface area contributed by atoms with E-state index in [0.29, 0.717) is 6.54 Å². The quantitative estimate of drug-likeness (QED) is 0.718. The van der Waals surface area contributed by atoms with Crippen molar-refractivity contribution in [3.8, 4) is 0 Å². The molecule has 17 heavy (non-hydrogen) atoms. The van der Waals surface area contributed by atoms with E-state index in [0.717, 1.165) is 0 Å². The van der Waals surface area contributed by atoms with Crippen LogP contribution in [-0.4, -0.2) is 15.6 Å². The van der Waals surface area contributed by atoms with E-state index < -0.39 is 11.2 Å². The predicted molar refractivity (Wildman–Crippen MR) is 69.3 cm³/mol. The number of hydrogen-bond donors (Lipinski definition) is 3. The van der Waals surface area contributed by atoms with Crippen molar-refractivity contribution >= 4 is 11.5 Å². The molecule has 0 atom stereocenters. The van der Waals surface area contributed by atoms with E-state index >= 15 is 0 Å². The predicted octanol–water partition coefficient (Wildman–Crippen LogP) is 0.595. The molecule has 1 heterocycles. The molecule has 0 saturated heterocycles. The summed E-state index contributed by atoms with van der Waals surface area (Å²) in [7, 11) is 0. The minimum atomic E-state index is -0.471. The first-order valence-corrected chi connectivity index (χ1v) is 5.72. The summed E-state index contributed by atoms with van der Waals surface area (Å²) in [6, 6.07) is 0.0726. The van der Waals surface area contributed by atoms with Gasteiger partial charge in [-0.15, -0.1) is 0 Å². The third-order valence-electron chi connectivity index (χ3n) is 2.22. The van der Waals surface area contributed by atoms with Crippen molar-refractivity contribution in [2.45, 2.75) is 40.3 Å². The lowest BCUT2D eigenvalue weighted by Gasteiger charge is -2.16. The number of rotatable bonds is 4. The highest BCUT2D eigenvalue weighted by atomic mass is 16.2. The molecule has 1 aromatic rings. The Hall–Kier alpha value is -1.72. The molecule has 0 unspecified atom stereocenters. The maximum atomic E-state index is 11.6. The van der Waals surface area contributed by atoms with Gasteiger partial charge in [-0.25, -0.2) is 4.79 Å². The fourth-order valence-corrected chi connectivity index (χ4v) is 1.56. The molecule has 0 bridgehead atoms. The highest BCUT2D eigenvalue weighted by Crippen LogP contribution is 2.12. The number of aromatic nitrogens is 2. The second kappa shape index (κ2) is 5.07. The summed E-state index contributed by atoms with van der Waals surface area (Å²) in [6.07, 6.45) is 0. The van der Waals surface area contributed by atoms with Gasteiger partial charge in [0.25, 0.3) is 5.56 Å². The zero-order valence-electron chi connectivity index (χ0n) is 10.7. The third kappa shape index (κ3) is 3.12. The summed E-state index contributed by atoms with van der Waals surface area (Å²) in [5, 5.41) is 2.95. The van der Waals surface area contributed by atoms with Crippen molar-refractivity contribution < 1.29 is 0 Å². The Bertz CT molecular complexity index is 457. The molecule has 96 valence electrons.